The van der Waals surface area contributed by atoms with Crippen LogP contribution in [0.15, 0.2) is 49.1 Å². The molecule has 2 aromatic heterocycles. The fourth-order valence-electron chi connectivity index (χ4n) is 2.56. The van der Waals surface area contributed by atoms with E-state index in [9.17, 15) is 9.90 Å². The van der Waals surface area contributed by atoms with Crippen molar-refractivity contribution in [2.24, 2.45) is 5.73 Å². The first-order chi connectivity index (χ1) is 12.1. The molecule has 25 heavy (non-hydrogen) atoms. The molecule has 1 aromatic carbocycles. The zero-order chi connectivity index (χ0) is 17.6. The quantitative estimate of drug-likeness (QED) is 0.608. The third-order valence-electron chi connectivity index (χ3n) is 3.84. The molecule has 1 atom stereocenters. The molecule has 0 radical (unpaired) electrons. The molecule has 0 saturated heterocycles. The third kappa shape index (κ3) is 4.54. The van der Waals surface area contributed by atoms with Crippen molar-refractivity contribution in [1.29, 1.82) is 0 Å². The van der Waals surface area contributed by atoms with Gasteiger partial charge in [-0.1, -0.05) is 24.3 Å². The molecule has 0 saturated carbocycles. The van der Waals surface area contributed by atoms with Crippen molar-refractivity contribution in [2.45, 2.75) is 25.5 Å². The third-order valence-corrected chi connectivity index (χ3v) is 3.84. The molecular weight excluding hydrogens is 320 g/mol. The molecule has 0 aliphatic rings. The van der Waals surface area contributed by atoms with Crippen molar-refractivity contribution in [3.8, 4) is 5.88 Å². The second-order valence-electron chi connectivity index (χ2n) is 5.83. The number of nitrogens with zero attached hydrogens (tertiary/aromatic N) is 3. The van der Waals surface area contributed by atoms with Crippen LogP contribution in [0.3, 0.4) is 0 Å². The fourth-order valence-corrected chi connectivity index (χ4v) is 2.56. The van der Waals surface area contributed by atoms with Gasteiger partial charge in [-0.3, -0.25) is 4.79 Å². The maximum atomic E-state index is 11.0. The van der Waals surface area contributed by atoms with Gasteiger partial charge in [0.2, 0.25) is 5.88 Å². The summed E-state index contributed by atoms with van der Waals surface area (Å²) in [5.74, 6) is -0.00146. The molecular formula is C18H20N4O3. The smallest absolute Gasteiger partial charge is 0.268 e. The molecule has 0 fully saturated rings. The summed E-state index contributed by atoms with van der Waals surface area (Å²) in [7, 11) is 0. The first-order valence-corrected chi connectivity index (χ1v) is 8.09. The molecule has 130 valence electrons. The van der Waals surface area contributed by atoms with E-state index in [0.717, 1.165) is 10.8 Å². The number of hydrogen-bond donors (Lipinski definition) is 2. The van der Waals surface area contributed by atoms with Crippen LogP contribution < -0.4 is 10.5 Å². The second kappa shape index (κ2) is 7.76. The minimum absolute atomic E-state index is 0.193. The Kier molecular flexibility index (Phi) is 5.25. The highest BCUT2D eigenvalue weighted by Gasteiger charge is 2.09. The van der Waals surface area contributed by atoms with Crippen molar-refractivity contribution >= 4 is 16.7 Å². The Morgan fingerprint density at radius 2 is 2.08 bits per heavy atom. The molecule has 2 heterocycles. The normalized spacial score (nSPS) is 12.2. The number of ether oxygens (including phenoxy) is 1. The lowest BCUT2D eigenvalue weighted by Gasteiger charge is -2.11. The first-order valence-electron chi connectivity index (χ1n) is 8.09. The van der Waals surface area contributed by atoms with Gasteiger partial charge in [0.15, 0.2) is 0 Å². The summed E-state index contributed by atoms with van der Waals surface area (Å²) in [5, 5.41) is 12.2. The summed E-state index contributed by atoms with van der Waals surface area (Å²) < 4.78 is 7.30. The highest BCUT2D eigenvalue weighted by atomic mass is 16.5. The summed E-state index contributed by atoms with van der Waals surface area (Å²) in [5.41, 5.74) is 5.34. The van der Waals surface area contributed by atoms with Crippen LogP contribution in [0, 0.1) is 0 Å². The highest BCUT2D eigenvalue weighted by molar-refractivity contribution is 5.90. The van der Waals surface area contributed by atoms with Gasteiger partial charge in [0, 0.05) is 30.4 Å². The summed E-state index contributed by atoms with van der Waals surface area (Å²) in [6.07, 6.45) is 5.50. The molecule has 0 aliphatic heterocycles. The zero-order valence-electron chi connectivity index (χ0n) is 13.7. The van der Waals surface area contributed by atoms with Gasteiger partial charge in [0.1, 0.15) is 5.69 Å². The Morgan fingerprint density at radius 1 is 1.28 bits per heavy atom. The molecule has 3 rings (SSSR count). The summed E-state index contributed by atoms with van der Waals surface area (Å²) in [4.78, 5) is 19.1. The fraction of sp³-hybridized carbons (Fsp3) is 0.278. The lowest BCUT2D eigenvalue weighted by Crippen LogP contribution is -2.16. The van der Waals surface area contributed by atoms with E-state index in [1.807, 2.05) is 30.3 Å². The Hall–Kier alpha value is -2.93. The SMILES string of the molecule is NC(=O)c1cn(CC(O)CCCOc2cc3ccccc3cn2)cn1. The number of aromatic nitrogens is 3. The number of aliphatic hydroxyl groups excluding tert-OH is 1. The topological polar surface area (TPSA) is 103 Å². The largest absolute Gasteiger partial charge is 0.478 e. The number of carbonyl (C=O) groups excluding carboxylic acids is 1. The van der Waals surface area contributed by atoms with Gasteiger partial charge >= 0.3 is 0 Å². The highest BCUT2D eigenvalue weighted by Crippen LogP contribution is 2.17. The zero-order valence-corrected chi connectivity index (χ0v) is 13.7. The number of nitrogens with two attached hydrogens (primary N) is 1. The van der Waals surface area contributed by atoms with Crippen LogP contribution in [-0.4, -0.2) is 38.3 Å². The molecule has 0 spiro atoms. The summed E-state index contributed by atoms with van der Waals surface area (Å²) in [6, 6.07) is 9.87. The van der Waals surface area contributed by atoms with Crippen LogP contribution in [0.25, 0.3) is 10.8 Å². The van der Waals surface area contributed by atoms with Crippen LogP contribution >= 0.6 is 0 Å². The van der Waals surface area contributed by atoms with E-state index in [2.05, 4.69) is 9.97 Å². The number of rotatable bonds is 8. The lowest BCUT2D eigenvalue weighted by molar-refractivity contribution is 0.0995. The summed E-state index contributed by atoms with van der Waals surface area (Å²) in [6.45, 7) is 0.827. The molecule has 1 unspecified atom stereocenters. The van der Waals surface area contributed by atoms with Gasteiger partial charge in [-0.05, 0) is 18.2 Å². The predicted octanol–water partition coefficient (Wildman–Crippen LogP) is 1.75. The number of hydrogen-bond acceptors (Lipinski definition) is 5. The second-order valence-corrected chi connectivity index (χ2v) is 5.83. The van der Waals surface area contributed by atoms with E-state index in [4.69, 9.17) is 10.5 Å². The number of pyridine rings is 1. The van der Waals surface area contributed by atoms with Crippen LogP contribution in [0.1, 0.15) is 23.3 Å². The minimum atomic E-state index is -0.579. The van der Waals surface area contributed by atoms with Gasteiger partial charge in [0.25, 0.3) is 5.91 Å². The van der Waals surface area contributed by atoms with Crippen LogP contribution in [0.5, 0.6) is 5.88 Å². The molecule has 1 amide bonds. The maximum absolute atomic E-state index is 11.0. The monoisotopic (exact) mass is 340 g/mol. The minimum Gasteiger partial charge on any atom is -0.478 e. The van der Waals surface area contributed by atoms with E-state index in [1.165, 1.54) is 12.5 Å². The number of primary amides is 1. The van der Waals surface area contributed by atoms with E-state index in [0.29, 0.717) is 31.9 Å². The van der Waals surface area contributed by atoms with Crippen molar-refractivity contribution in [3.63, 3.8) is 0 Å². The van der Waals surface area contributed by atoms with E-state index in [1.54, 1.807) is 10.8 Å². The van der Waals surface area contributed by atoms with Crippen LogP contribution in [-0.2, 0) is 6.54 Å². The lowest BCUT2D eigenvalue weighted by atomic mass is 10.2. The average Bonchev–Trinajstić information content (AvgIpc) is 3.07. The van der Waals surface area contributed by atoms with Gasteiger partial charge < -0.3 is 20.1 Å². The Labute approximate surface area is 145 Å². The standard InChI is InChI=1S/C18H20N4O3/c19-18(24)16-11-22(12-21-16)10-15(23)6-3-7-25-17-8-13-4-1-2-5-14(13)9-20-17/h1-2,4-5,8-9,11-12,15,23H,3,6-7,10H2,(H2,19,24). The van der Waals surface area contributed by atoms with Gasteiger partial charge in [-0.15, -0.1) is 0 Å². The van der Waals surface area contributed by atoms with Crippen molar-refractivity contribution < 1.29 is 14.6 Å². The Morgan fingerprint density at radius 3 is 2.84 bits per heavy atom. The molecule has 3 aromatic rings. The number of aliphatic hydroxyl groups is 1. The molecule has 7 nitrogen and oxygen atoms in total. The number of fused-ring (bicyclic) bond motifs is 1. The molecule has 0 aliphatic carbocycles. The summed E-state index contributed by atoms with van der Waals surface area (Å²) >= 11 is 0. The number of benzene rings is 1. The van der Waals surface area contributed by atoms with E-state index < -0.39 is 12.0 Å². The van der Waals surface area contributed by atoms with E-state index in [-0.39, 0.29) is 5.69 Å². The number of imidazole rings is 1. The van der Waals surface area contributed by atoms with Crippen molar-refractivity contribution in [3.05, 3.63) is 54.7 Å². The Bertz CT molecular complexity index is 862. The van der Waals surface area contributed by atoms with Crippen LogP contribution in [0.2, 0.25) is 0 Å². The van der Waals surface area contributed by atoms with Gasteiger partial charge in [0.05, 0.1) is 19.0 Å². The first kappa shape index (κ1) is 16.9. The Balaban J connectivity index is 1.43. The molecule has 3 N–H and O–H groups in total. The predicted molar refractivity (Wildman–Crippen MR) is 93.2 cm³/mol. The molecule has 0 bridgehead atoms. The van der Waals surface area contributed by atoms with E-state index >= 15 is 0 Å². The van der Waals surface area contributed by atoms with Crippen LogP contribution in [0.4, 0.5) is 0 Å². The number of amides is 1. The van der Waals surface area contributed by atoms with Gasteiger partial charge in [-0.2, -0.15) is 0 Å². The average molecular weight is 340 g/mol. The van der Waals surface area contributed by atoms with Crippen molar-refractivity contribution in [1.82, 2.24) is 14.5 Å². The van der Waals surface area contributed by atoms with Crippen molar-refractivity contribution in [2.75, 3.05) is 6.61 Å². The number of carbonyl (C=O) groups is 1. The van der Waals surface area contributed by atoms with Gasteiger partial charge in [-0.25, -0.2) is 9.97 Å². The molecule has 7 heteroatoms. The maximum Gasteiger partial charge on any atom is 0.268 e.